The molecular weight excluding hydrogens is 454 g/mol. The Morgan fingerprint density at radius 3 is 2.59 bits per heavy atom. The highest BCUT2D eigenvalue weighted by atomic mass is 32.2. The number of aromatic nitrogens is 2. The van der Waals surface area contributed by atoms with Crippen LogP contribution >= 0.6 is 0 Å². The standard InChI is InChI=1S/C24H25N5O4S/c1-3-28-21-13-25-24(26-18-5-4-16-14-34(31,32)15-17(16)12-18)27-23(21)29(11-10-22(28)30)19-6-8-20(33-2)9-7-19/h4-9,12-13H,3,10-11,14-15H2,1-2H3,(H,25,26,27). The van der Waals surface area contributed by atoms with E-state index < -0.39 is 9.84 Å². The number of carbonyl (C=O) groups is 1. The number of sulfone groups is 1. The quantitative estimate of drug-likeness (QED) is 0.592. The summed E-state index contributed by atoms with van der Waals surface area (Å²) in [5.74, 6) is 1.87. The van der Waals surface area contributed by atoms with Crippen molar-refractivity contribution in [3.63, 3.8) is 0 Å². The highest BCUT2D eigenvalue weighted by Gasteiger charge is 2.29. The fraction of sp³-hybridized carbons (Fsp3) is 0.292. The molecular formula is C24H25N5O4S. The molecule has 176 valence electrons. The fourth-order valence-corrected chi connectivity index (χ4v) is 5.99. The van der Waals surface area contributed by atoms with Crippen molar-refractivity contribution in [3.05, 3.63) is 59.8 Å². The second-order valence-electron chi connectivity index (χ2n) is 8.28. The molecule has 1 N–H and O–H groups in total. The minimum Gasteiger partial charge on any atom is -0.497 e. The van der Waals surface area contributed by atoms with Crippen molar-refractivity contribution in [1.29, 1.82) is 0 Å². The Morgan fingerprint density at radius 2 is 1.85 bits per heavy atom. The van der Waals surface area contributed by atoms with Crippen LogP contribution < -0.4 is 19.9 Å². The van der Waals surface area contributed by atoms with E-state index in [9.17, 15) is 13.2 Å². The van der Waals surface area contributed by atoms with Gasteiger partial charge in [0.05, 0.1) is 24.8 Å². The van der Waals surface area contributed by atoms with E-state index in [1.54, 1.807) is 18.2 Å². The number of methoxy groups -OCH3 is 1. The molecule has 0 bridgehead atoms. The Labute approximate surface area is 198 Å². The molecule has 3 aromatic rings. The number of benzene rings is 2. The summed E-state index contributed by atoms with van der Waals surface area (Å²) >= 11 is 0. The molecule has 5 rings (SSSR count). The molecule has 2 aliphatic heterocycles. The van der Waals surface area contributed by atoms with Crippen LogP contribution in [0.1, 0.15) is 24.5 Å². The van der Waals surface area contributed by atoms with Crippen LogP contribution in [0.3, 0.4) is 0 Å². The highest BCUT2D eigenvalue weighted by Crippen LogP contribution is 2.37. The van der Waals surface area contributed by atoms with Gasteiger partial charge in [-0.15, -0.1) is 0 Å². The Balaban J connectivity index is 1.52. The zero-order valence-corrected chi connectivity index (χ0v) is 19.8. The van der Waals surface area contributed by atoms with Crippen LogP contribution in [0, 0.1) is 0 Å². The minimum atomic E-state index is -3.08. The molecule has 9 nitrogen and oxygen atoms in total. The van der Waals surface area contributed by atoms with Gasteiger partial charge in [0.15, 0.2) is 15.7 Å². The summed E-state index contributed by atoms with van der Waals surface area (Å²) in [6.07, 6.45) is 2.00. The van der Waals surface area contributed by atoms with Crippen molar-refractivity contribution in [3.8, 4) is 5.75 Å². The van der Waals surface area contributed by atoms with Crippen molar-refractivity contribution in [2.75, 3.05) is 35.3 Å². The van der Waals surface area contributed by atoms with Gasteiger partial charge >= 0.3 is 0 Å². The first kappa shape index (κ1) is 22.1. The lowest BCUT2D eigenvalue weighted by Gasteiger charge is -2.25. The van der Waals surface area contributed by atoms with E-state index >= 15 is 0 Å². The molecule has 0 fully saturated rings. The van der Waals surface area contributed by atoms with Gasteiger partial charge in [0.2, 0.25) is 11.9 Å². The van der Waals surface area contributed by atoms with E-state index in [1.165, 1.54) is 0 Å². The van der Waals surface area contributed by atoms with Gasteiger partial charge in [-0.05, 0) is 54.4 Å². The molecule has 10 heteroatoms. The third kappa shape index (κ3) is 4.16. The number of rotatable bonds is 5. The number of nitrogens with zero attached hydrogens (tertiary/aromatic N) is 4. The zero-order chi connectivity index (χ0) is 23.9. The number of nitrogens with one attached hydrogen (secondary N) is 1. The highest BCUT2D eigenvalue weighted by molar-refractivity contribution is 7.90. The summed E-state index contributed by atoms with van der Waals surface area (Å²) in [6, 6.07) is 13.1. The lowest BCUT2D eigenvalue weighted by atomic mass is 10.1. The van der Waals surface area contributed by atoms with Crippen molar-refractivity contribution >= 4 is 44.6 Å². The van der Waals surface area contributed by atoms with E-state index in [1.807, 2.05) is 54.3 Å². The van der Waals surface area contributed by atoms with E-state index in [0.29, 0.717) is 42.7 Å². The SMILES string of the molecule is CCN1C(=O)CCN(c2ccc(OC)cc2)c2nc(Nc3ccc4c(c3)CS(=O)(=O)C4)ncc21. The van der Waals surface area contributed by atoms with Gasteiger partial charge < -0.3 is 19.9 Å². The van der Waals surface area contributed by atoms with Gasteiger partial charge in [0.25, 0.3) is 0 Å². The van der Waals surface area contributed by atoms with E-state index in [4.69, 9.17) is 9.72 Å². The van der Waals surface area contributed by atoms with Gasteiger partial charge in [-0.1, -0.05) is 6.07 Å². The number of hydrogen-bond donors (Lipinski definition) is 1. The van der Waals surface area contributed by atoms with E-state index in [2.05, 4.69) is 10.3 Å². The van der Waals surface area contributed by atoms with Gasteiger partial charge in [0.1, 0.15) is 11.4 Å². The molecule has 0 saturated carbocycles. The van der Waals surface area contributed by atoms with Crippen molar-refractivity contribution < 1.29 is 17.9 Å². The monoisotopic (exact) mass is 479 g/mol. The molecule has 34 heavy (non-hydrogen) atoms. The average molecular weight is 480 g/mol. The van der Waals surface area contributed by atoms with Gasteiger partial charge in [-0.25, -0.2) is 13.4 Å². The number of fused-ring (bicyclic) bond motifs is 2. The normalized spacial score (nSPS) is 16.6. The van der Waals surface area contributed by atoms with Crippen LogP contribution in [0.5, 0.6) is 5.75 Å². The first-order valence-electron chi connectivity index (χ1n) is 11.0. The molecule has 2 aliphatic rings. The molecule has 0 spiro atoms. The Hall–Kier alpha value is -3.66. The van der Waals surface area contributed by atoms with Crippen LogP contribution in [-0.2, 0) is 26.1 Å². The van der Waals surface area contributed by atoms with Crippen molar-refractivity contribution in [1.82, 2.24) is 9.97 Å². The topological polar surface area (TPSA) is 105 Å². The predicted octanol–water partition coefficient (Wildman–Crippen LogP) is 3.55. The summed E-state index contributed by atoms with van der Waals surface area (Å²) in [4.78, 5) is 25.7. The molecule has 0 radical (unpaired) electrons. The Morgan fingerprint density at radius 1 is 1.09 bits per heavy atom. The molecule has 0 unspecified atom stereocenters. The average Bonchev–Trinajstić information content (AvgIpc) is 3.06. The smallest absolute Gasteiger partial charge is 0.229 e. The largest absolute Gasteiger partial charge is 0.497 e. The predicted molar refractivity (Wildman–Crippen MR) is 131 cm³/mol. The number of ether oxygens (including phenoxy) is 1. The second kappa shape index (κ2) is 8.60. The maximum atomic E-state index is 12.8. The van der Waals surface area contributed by atoms with E-state index in [0.717, 1.165) is 22.6 Å². The molecule has 3 heterocycles. The molecule has 0 atom stereocenters. The number of hydrogen-bond acceptors (Lipinski definition) is 8. The number of anilines is 5. The number of carbonyl (C=O) groups excluding carboxylic acids is 1. The van der Waals surface area contributed by atoms with Crippen LogP contribution in [0.25, 0.3) is 0 Å². The van der Waals surface area contributed by atoms with Gasteiger partial charge in [-0.2, -0.15) is 4.98 Å². The van der Waals surface area contributed by atoms with Crippen LogP contribution in [-0.4, -0.2) is 44.5 Å². The van der Waals surface area contributed by atoms with E-state index in [-0.39, 0.29) is 17.4 Å². The van der Waals surface area contributed by atoms with Crippen LogP contribution in [0.15, 0.2) is 48.7 Å². The maximum absolute atomic E-state index is 12.8. The third-order valence-electron chi connectivity index (χ3n) is 6.06. The van der Waals surface area contributed by atoms with Crippen LogP contribution in [0.2, 0.25) is 0 Å². The van der Waals surface area contributed by atoms with Crippen LogP contribution in [0.4, 0.5) is 28.8 Å². The summed E-state index contributed by atoms with van der Waals surface area (Å²) in [6.45, 7) is 2.91. The lowest BCUT2D eigenvalue weighted by Crippen LogP contribution is -2.30. The molecule has 0 saturated heterocycles. The second-order valence-corrected chi connectivity index (χ2v) is 10.3. The lowest BCUT2D eigenvalue weighted by molar-refractivity contribution is -0.118. The first-order chi connectivity index (χ1) is 16.4. The molecule has 1 amide bonds. The fourth-order valence-electron chi connectivity index (χ4n) is 4.39. The minimum absolute atomic E-state index is 0.0175. The molecule has 1 aromatic heterocycles. The molecule has 2 aromatic carbocycles. The zero-order valence-electron chi connectivity index (χ0n) is 19.0. The Kier molecular flexibility index (Phi) is 5.60. The summed E-state index contributed by atoms with van der Waals surface area (Å²) in [7, 11) is -1.46. The summed E-state index contributed by atoms with van der Waals surface area (Å²) in [5.41, 5.74) is 3.87. The first-order valence-corrected chi connectivity index (χ1v) is 12.9. The van der Waals surface area contributed by atoms with Gasteiger partial charge in [-0.3, -0.25) is 4.79 Å². The van der Waals surface area contributed by atoms with Crippen molar-refractivity contribution in [2.45, 2.75) is 24.9 Å². The maximum Gasteiger partial charge on any atom is 0.229 e. The van der Waals surface area contributed by atoms with Gasteiger partial charge in [0, 0.05) is 30.9 Å². The molecule has 0 aliphatic carbocycles. The summed E-state index contributed by atoms with van der Waals surface area (Å²) < 4.78 is 29.2. The van der Waals surface area contributed by atoms with Crippen molar-refractivity contribution in [2.24, 2.45) is 0 Å². The Bertz CT molecular complexity index is 1360. The third-order valence-corrected chi connectivity index (χ3v) is 7.56. The summed E-state index contributed by atoms with van der Waals surface area (Å²) in [5, 5.41) is 3.20. The number of amides is 1.